The van der Waals surface area contributed by atoms with Crippen LogP contribution in [0.25, 0.3) is 10.8 Å². The number of hydrogen-bond acceptors (Lipinski definition) is 3. The van der Waals surface area contributed by atoms with Crippen molar-refractivity contribution in [1.82, 2.24) is 5.43 Å². The van der Waals surface area contributed by atoms with Gasteiger partial charge in [-0.3, -0.25) is 4.79 Å². The van der Waals surface area contributed by atoms with Crippen LogP contribution in [0.3, 0.4) is 0 Å². The molecule has 0 spiro atoms. The zero-order valence-electron chi connectivity index (χ0n) is 12.2. The molecule has 1 N–H and O–H groups in total. The SMILES string of the molecule is O=C(Cc1ccc(Br)c2ccccc12)N/N=C\c1cc(Br)c(Br)o1. The van der Waals surface area contributed by atoms with E-state index in [9.17, 15) is 4.79 Å². The minimum Gasteiger partial charge on any atom is -0.447 e. The molecule has 1 heterocycles. The molecular formula is C17H11Br3N2O2. The summed E-state index contributed by atoms with van der Waals surface area (Å²) in [7, 11) is 0. The highest BCUT2D eigenvalue weighted by molar-refractivity contribution is 9.13. The average Bonchev–Trinajstić information content (AvgIpc) is 2.88. The Morgan fingerprint density at radius 1 is 1.08 bits per heavy atom. The van der Waals surface area contributed by atoms with E-state index in [4.69, 9.17) is 4.42 Å². The van der Waals surface area contributed by atoms with E-state index in [0.717, 1.165) is 25.3 Å². The van der Waals surface area contributed by atoms with Crippen molar-refractivity contribution in [2.75, 3.05) is 0 Å². The van der Waals surface area contributed by atoms with Crippen LogP contribution in [0, 0.1) is 0 Å². The maximum absolute atomic E-state index is 12.1. The van der Waals surface area contributed by atoms with Crippen LogP contribution in [0.4, 0.5) is 0 Å². The van der Waals surface area contributed by atoms with E-state index in [1.807, 2.05) is 36.4 Å². The number of carbonyl (C=O) groups excluding carboxylic acids is 1. The Labute approximate surface area is 163 Å². The second-order valence-electron chi connectivity index (χ2n) is 4.99. The van der Waals surface area contributed by atoms with Gasteiger partial charge in [0, 0.05) is 10.5 Å². The maximum Gasteiger partial charge on any atom is 0.244 e. The molecule has 1 amide bonds. The summed E-state index contributed by atoms with van der Waals surface area (Å²) in [6.07, 6.45) is 1.70. The van der Waals surface area contributed by atoms with E-state index in [0.29, 0.717) is 10.4 Å². The summed E-state index contributed by atoms with van der Waals surface area (Å²) in [6, 6.07) is 13.6. The molecule has 0 radical (unpaired) electrons. The summed E-state index contributed by atoms with van der Waals surface area (Å²) in [6.45, 7) is 0. The van der Waals surface area contributed by atoms with Gasteiger partial charge in [0.15, 0.2) is 4.67 Å². The van der Waals surface area contributed by atoms with Crippen LogP contribution in [0.5, 0.6) is 0 Å². The Morgan fingerprint density at radius 3 is 2.54 bits per heavy atom. The second-order valence-corrected chi connectivity index (χ2v) is 7.42. The van der Waals surface area contributed by atoms with Crippen molar-refractivity contribution in [1.29, 1.82) is 0 Å². The monoisotopic (exact) mass is 512 g/mol. The molecule has 7 heteroatoms. The molecule has 0 aliphatic carbocycles. The summed E-state index contributed by atoms with van der Waals surface area (Å²) in [5.74, 6) is 0.339. The molecule has 4 nitrogen and oxygen atoms in total. The summed E-state index contributed by atoms with van der Waals surface area (Å²) < 4.78 is 7.73. The van der Waals surface area contributed by atoms with Crippen molar-refractivity contribution >= 4 is 70.7 Å². The fourth-order valence-corrected chi connectivity index (χ4v) is 3.37. The zero-order valence-corrected chi connectivity index (χ0v) is 17.0. The van der Waals surface area contributed by atoms with Crippen molar-refractivity contribution < 1.29 is 9.21 Å². The third-order valence-corrected chi connectivity index (χ3v) is 5.76. The van der Waals surface area contributed by atoms with Gasteiger partial charge in [0.1, 0.15) is 5.76 Å². The van der Waals surface area contributed by atoms with Crippen LogP contribution in [-0.2, 0) is 11.2 Å². The molecule has 0 atom stereocenters. The van der Waals surface area contributed by atoms with E-state index < -0.39 is 0 Å². The molecule has 0 fully saturated rings. The van der Waals surface area contributed by atoms with Gasteiger partial charge in [-0.2, -0.15) is 5.10 Å². The third-order valence-electron chi connectivity index (χ3n) is 3.36. The van der Waals surface area contributed by atoms with Gasteiger partial charge < -0.3 is 4.42 Å². The number of fused-ring (bicyclic) bond motifs is 1. The highest BCUT2D eigenvalue weighted by Gasteiger charge is 2.08. The molecule has 0 unspecified atom stereocenters. The number of hydrazone groups is 1. The Kier molecular flexibility index (Phi) is 5.53. The molecule has 24 heavy (non-hydrogen) atoms. The summed E-state index contributed by atoms with van der Waals surface area (Å²) in [5.41, 5.74) is 3.46. The van der Waals surface area contributed by atoms with Gasteiger partial charge in [0.25, 0.3) is 0 Å². The first-order valence-electron chi connectivity index (χ1n) is 6.97. The Balaban J connectivity index is 1.70. The van der Waals surface area contributed by atoms with Crippen molar-refractivity contribution in [3.05, 3.63) is 67.4 Å². The van der Waals surface area contributed by atoms with Crippen molar-refractivity contribution in [3.8, 4) is 0 Å². The predicted octanol–water partition coefficient (Wildman–Crippen LogP) is 5.41. The lowest BCUT2D eigenvalue weighted by Crippen LogP contribution is -2.19. The lowest BCUT2D eigenvalue weighted by molar-refractivity contribution is -0.120. The molecule has 1 aromatic heterocycles. The van der Waals surface area contributed by atoms with Gasteiger partial charge in [-0.1, -0.05) is 46.3 Å². The fraction of sp³-hybridized carbons (Fsp3) is 0.0588. The first-order chi connectivity index (χ1) is 11.5. The van der Waals surface area contributed by atoms with Crippen molar-refractivity contribution in [3.63, 3.8) is 0 Å². The van der Waals surface area contributed by atoms with Crippen LogP contribution in [0.1, 0.15) is 11.3 Å². The number of amides is 1. The number of hydrogen-bond donors (Lipinski definition) is 1. The molecular weight excluding hydrogens is 504 g/mol. The van der Waals surface area contributed by atoms with Crippen LogP contribution in [0.15, 0.2) is 65.6 Å². The Bertz CT molecular complexity index is 915. The van der Waals surface area contributed by atoms with E-state index in [1.54, 1.807) is 6.07 Å². The maximum atomic E-state index is 12.1. The topological polar surface area (TPSA) is 54.6 Å². The molecule has 0 bridgehead atoms. The van der Waals surface area contributed by atoms with Crippen LogP contribution < -0.4 is 5.43 Å². The molecule has 2 aromatic carbocycles. The van der Waals surface area contributed by atoms with Gasteiger partial charge in [0.05, 0.1) is 17.1 Å². The normalized spacial score (nSPS) is 11.3. The molecule has 0 saturated heterocycles. The van der Waals surface area contributed by atoms with Gasteiger partial charge >= 0.3 is 0 Å². The van der Waals surface area contributed by atoms with Crippen LogP contribution in [0.2, 0.25) is 0 Å². The number of rotatable bonds is 4. The zero-order chi connectivity index (χ0) is 17.1. The Hall–Kier alpha value is -1.44. The molecule has 0 aliphatic rings. The number of benzene rings is 2. The average molecular weight is 515 g/mol. The molecule has 0 saturated carbocycles. The number of nitrogens with one attached hydrogen (secondary N) is 1. The standard InChI is InChI=1S/C17H11Br3N2O2/c18-14-6-5-10(12-3-1-2-4-13(12)14)7-16(23)22-21-9-11-8-15(19)17(20)24-11/h1-6,8-9H,7H2,(H,22,23)/b21-9-. The van der Waals surface area contributed by atoms with E-state index in [1.165, 1.54) is 6.21 Å². The highest BCUT2D eigenvalue weighted by atomic mass is 79.9. The van der Waals surface area contributed by atoms with Gasteiger partial charge in [-0.15, -0.1) is 0 Å². The van der Waals surface area contributed by atoms with Crippen LogP contribution in [-0.4, -0.2) is 12.1 Å². The largest absolute Gasteiger partial charge is 0.447 e. The van der Waals surface area contributed by atoms with Gasteiger partial charge in [0.2, 0.25) is 5.91 Å². The lowest BCUT2D eigenvalue weighted by Gasteiger charge is -2.07. The fourth-order valence-electron chi connectivity index (χ4n) is 2.29. The first kappa shape index (κ1) is 17.4. The number of furan rings is 1. The number of carbonyl (C=O) groups is 1. The van der Waals surface area contributed by atoms with Crippen molar-refractivity contribution in [2.24, 2.45) is 5.10 Å². The van der Waals surface area contributed by atoms with E-state index in [2.05, 4.69) is 58.3 Å². The summed E-state index contributed by atoms with van der Waals surface area (Å²) in [5, 5.41) is 6.05. The quantitative estimate of drug-likeness (QED) is 0.374. The summed E-state index contributed by atoms with van der Waals surface area (Å²) >= 11 is 10.1. The predicted molar refractivity (Wildman–Crippen MR) is 105 cm³/mol. The van der Waals surface area contributed by atoms with Crippen LogP contribution >= 0.6 is 47.8 Å². The van der Waals surface area contributed by atoms with E-state index in [-0.39, 0.29) is 12.3 Å². The minimum atomic E-state index is -0.191. The first-order valence-corrected chi connectivity index (χ1v) is 9.35. The molecule has 3 rings (SSSR count). The number of halogens is 3. The summed E-state index contributed by atoms with van der Waals surface area (Å²) in [4.78, 5) is 12.1. The lowest BCUT2D eigenvalue weighted by atomic mass is 10.0. The highest BCUT2D eigenvalue weighted by Crippen LogP contribution is 2.27. The number of nitrogens with zero attached hydrogens (tertiary/aromatic N) is 1. The van der Waals surface area contributed by atoms with Crippen molar-refractivity contribution in [2.45, 2.75) is 6.42 Å². The molecule has 0 aliphatic heterocycles. The molecule has 122 valence electrons. The Morgan fingerprint density at radius 2 is 1.83 bits per heavy atom. The molecule has 3 aromatic rings. The minimum absolute atomic E-state index is 0.191. The second kappa shape index (κ2) is 7.63. The third kappa shape index (κ3) is 3.96. The van der Waals surface area contributed by atoms with Gasteiger partial charge in [-0.05, 0) is 54.3 Å². The van der Waals surface area contributed by atoms with Gasteiger partial charge in [-0.25, -0.2) is 5.43 Å². The van der Waals surface area contributed by atoms with E-state index >= 15 is 0 Å². The smallest absolute Gasteiger partial charge is 0.244 e.